The van der Waals surface area contributed by atoms with Crippen LogP contribution >= 0.6 is 0 Å². The zero-order valence-electron chi connectivity index (χ0n) is 40.6. The van der Waals surface area contributed by atoms with Gasteiger partial charge >= 0.3 is 11.9 Å². The third-order valence-corrected chi connectivity index (χ3v) is 13.7. The monoisotopic (exact) mass is 960 g/mol. The predicted octanol–water partition coefficient (Wildman–Crippen LogP) is -2.35. The summed E-state index contributed by atoms with van der Waals surface area (Å²) in [6.07, 6.45) is -20.0. The van der Waals surface area contributed by atoms with Gasteiger partial charge in [-0.25, -0.2) is 4.79 Å². The second kappa shape index (κ2) is 24.7. The number of rotatable bonds is 13. The van der Waals surface area contributed by atoms with Gasteiger partial charge in [0.2, 0.25) is 0 Å². The molecule has 0 aliphatic carbocycles. The molecule has 0 radical (unpaired) electrons. The Hall–Kier alpha value is -2.07. The highest BCUT2D eigenvalue weighted by molar-refractivity contribution is 5.83. The van der Waals surface area contributed by atoms with Crippen LogP contribution < -0.4 is 0 Å². The van der Waals surface area contributed by atoms with Gasteiger partial charge in [-0.1, -0.05) is 27.7 Å². The van der Waals surface area contributed by atoms with Crippen LogP contribution in [0.3, 0.4) is 0 Å². The van der Waals surface area contributed by atoms with E-state index in [0.29, 0.717) is 6.42 Å². The molecule has 3 saturated heterocycles. The normalized spacial score (nSPS) is 43.3. The number of cyclic esters (lactones) is 1. The van der Waals surface area contributed by atoms with Crippen LogP contribution in [0.2, 0.25) is 0 Å². The number of Topliss-reactive ketones (excluding diaryl/α,β-unsaturated/α-hetero) is 1. The van der Waals surface area contributed by atoms with E-state index in [1.54, 1.807) is 41.5 Å². The number of ether oxygens (including phenoxy) is 6. The first-order chi connectivity index (χ1) is 30.2. The average molecular weight is 960 g/mol. The van der Waals surface area contributed by atoms with E-state index < -0.39 is 151 Å². The zero-order valence-corrected chi connectivity index (χ0v) is 40.6. The molecule has 0 amide bonds. The summed E-state index contributed by atoms with van der Waals surface area (Å²) in [5.74, 6) is -6.76. The van der Waals surface area contributed by atoms with Crippen molar-refractivity contribution in [1.82, 2.24) is 4.90 Å². The van der Waals surface area contributed by atoms with Crippen LogP contribution in [0.1, 0.15) is 94.9 Å². The number of likely N-dealkylation sites (N-methyl/N-ethyl adjacent to an activating group) is 1. The Morgan fingerprint density at radius 2 is 1.42 bits per heavy atom. The number of carbonyl (C=O) groups excluding carboxylic acids is 2. The summed E-state index contributed by atoms with van der Waals surface area (Å²) in [6, 6.07) is -0.324. The van der Waals surface area contributed by atoms with E-state index in [2.05, 4.69) is 0 Å². The van der Waals surface area contributed by atoms with Gasteiger partial charge in [-0.3, -0.25) is 9.59 Å². The zero-order chi connectivity index (χ0) is 51.1. The van der Waals surface area contributed by atoms with Crippen LogP contribution in [0.15, 0.2) is 0 Å². The molecule has 22 nitrogen and oxygen atoms in total. The molecule has 66 heavy (non-hydrogen) atoms. The maximum absolute atomic E-state index is 14.1. The van der Waals surface area contributed by atoms with Crippen molar-refractivity contribution in [2.45, 2.75) is 210 Å². The van der Waals surface area contributed by atoms with Gasteiger partial charge in [-0.2, -0.15) is 0 Å². The van der Waals surface area contributed by atoms with Crippen molar-refractivity contribution in [3.8, 4) is 0 Å². The molecule has 0 aromatic rings. The number of hydrogen-bond acceptors (Lipinski definition) is 21. The highest BCUT2D eigenvalue weighted by atomic mass is 16.7. The highest BCUT2D eigenvalue weighted by Crippen LogP contribution is 2.41. The van der Waals surface area contributed by atoms with E-state index in [4.69, 9.17) is 64.2 Å². The first-order valence-electron chi connectivity index (χ1n) is 22.6. The van der Waals surface area contributed by atoms with Crippen molar-refractivity contribution in [3.05, 3.63) is 0 Å². The van der Waals surface area contributed by atoms with Crippen molar-refractivity contribution in [2.24, 2.45) is 23.7 Å². The second-order valence-corrected chi connectivity index (χ2v) is 19.5. The van der Waals surface area contributed by atoms with Crippen molar-refractivity contribution in [3.63, 3.8) is 0 Å². The number of aliphatic carboxylic acids is 1. The molecule has 3 rings (SSSR count). The summed E-state index contributed by atoms with van der Waals surface area (Å²) >= 11 is 0. The summed E-state index contributed by atoms with van der Waals surface area (Å²) in [6.45, 7) is 15.5. The molecule has 0 bridgehead atoms. The van der Waals surface area contributed by atoms with Crippen molar-refractivity contribution >= 4 is 17.7 Å². The molecule has 3 aliphatic heterocycles. The molecule has 3 fully saturated rings. The fourth-order valence-corrected chi connectivity index (χ4v) is 9.28. The lowest BCUT2D eigenvalue weighted by atomic mass is 9.74. The SMILES string of the molecule is CC[C@H]1OC(=O)[C@H](C)[C@@H](O[C@H]2C[C@@](C)(OC)[C@@H](O)[C@H](C)O2)[C@H](C)[C@@H](O[C@@H]2O[C@H](C)C[C@H](N(C)C)[C@H]2O)[C@](C)(O)C[C@@H](C)C(=O)[C@H](C)[C@@H](O)[C@]1(C)O.O=C(O)[C@H](O)[C@H](O)[C@@H](O)[C@H](O)[C@@H](O)CO. The molecule has 3 heterocycles. The van der Waals surface area contributed by atoms with Crippen LogP contribution in [0.5, 0.6) is 0 Å². The van der Waals surface area contributed by atoms with Crippen LogP contribution in [0, 0.1) is 23.7 Å². The molecular weight excluding hydrogens is 878 g/mol. The number of ketones is 1. The number of carbonyl (C=O) groups is 3. The van der Waals surface area contributed by atoms with Gasteiger partial charge in [-0.15, -0.1) is 0 Å². The van der Waals surface area contributed by atoms with E-state index >= 15 is 0 Å². The molecule has 0 aromatic heterocycles. The van der Waals surface area contributed by atoms with Crippen LogP contribution in [0.4, 0.5) is 0 Å². The first-order valence-corrected chi connectivity index (χ1v) is 22.6. The predicted molar refractivity (Wildman–Crippen MR) is 231 cm³/mol. The lowest BCUT2D eigenvalue weighted by Gasteiger charge is -2.49. The van der Waals surface area contributed by atoms with E-state index in [1.807, 2.05) is 25.9 Å². The first kappa shape index (κ1) is 60.1. The van der Waals surface area contributed by atoms with Gasteiger partial charge in [0.15, 0.2) is 18.7 Å². The van der Waals surface area contributed by atoms with Crippen molar-refractivity contribution < 1.29 is 104 Å². The Morgan fingerprint density at radius 3 is 1.92 bits per heavy atom. The molecule has 12 N–H and O–H groups in total. The standard InChI is InChI=1S/C37H67NO13.C7H14O8/c1-14-25-37(10,45)30(41)20(4)27(39)18(2)16-35(8,44)32(51-34-28(40)24(38(11)12)15-19(3)47-34)21(5)29(22(6)33(43)49-25)50-26-17-36(9,46-13)31(42)23(7)48-26;8-1-2(9)3(10)4(11)5(12)6(13)7(14)15/h18-26,28-32,34,40-42,44-45H,14-17H2,1-13H3;2-6,8-13H,1H2,(H,14,15)/t18-,19-,20+,21+,22-,23+,24+,25-,26+,28-,29+,30-,31+,32-,34+,35-,36-,37-;2-,3+,4-,5+,6+/m10/s1. The largest absolute Gasteiger partial charge is 0.479 e. The summed E-state index contributed by atoms with van der Waals surface area (Å²) in [4.78, 5) is 40.0. The molecule has 0 spiro atoms. The minimum atomic E-state index is -2.29. The minimum absolute atomic E-state index is 0.0936. The van der Waals surface area contributed by atoms with Gasteiger partial charge in [0, 0.05) is 37.3 Å². The molecule has 0 aromatic carbocycles. The number of aliphatic hydroxyl groups excluding tert-OH is 9. The van der Waals surface area contributed by atoms with Gasteiger partial charge in [0.05, 0.1) is 54.2 Å². The van der Waals surface area contributed by atoms with Gasteiger partial charge < -0.3 is 94.6 Å². The molecule has 3 aliphatic rings. The van der Waals surface area contributed by atoms with Crippen molar-refractivity contribution in [2.75, 3.05) is 27.8 Å². The molecule has 0 saturated carbocycles. The number of aliphatic hydroxyl groups is 11. The fraction of sp³-hybridized carbons (Fsp3) is 0.932. The fourth-order valence-electron chi connectivity index (χ4n) is 9.28. The van der Waals surface area contributed by atoms with Crippen LogP contribution in [-0.2, 0) is 42.8 Å². The smallest absolute Gasteiger partial charge is 0.335 e. The van der Waals surface area contributed by atoms with Gasteiger partial charge in [-0.05, 0) is 74.9 Å². The Balaban J connectivity index is 0.000000850. The average Bonchev–Trinajstić information content (AvgIpc) is 3.25. The Kier molecular flexibility index (Phi) is 22.4. The van der Waals surface area contributed by atoms with Crippen molar-refractivity contribution in [1.29, 1.82) is 0 Å². The molecule has 22 heteroatoms. The summed E-state index contributed by atoms with van der Waals surface area (Å²) in [5, 5.41) is 119. The van der Waals surface area contributed by atoms with Crippen LogP contribution in [0.25, 0.3) is 0 Å². The third kappa shape index (κ3) is 14.3. The number of hydrogen-bond donors (Lipinski definition) is 12. The lowest BCUT2D eigenvalue weighted by molar-refractivity contribution is -0.318. The summed E-state index contributed by atoms with van der Waals surface area (Å²) in [5.41, 5.74) is -4.84. The number of esters is 1. The number of nitrogens with zero attached hydrogens (tertiary/aromatic N) is 1. The van der Waals surface area contributed by atoms with E-state index in [-0.39, 0.29) is 31.4 Å². The number of carboxylic acids is 1. The van der Waals surface area contributed by atoms with E-state index in [9.17, 15) is 39.9 Å². The lowest BCUT2D eigenvalue weighted by Crippen LogP contribution is -2.61. The summed E-state index contributed by atoms with van der Waals surface area (Å²) < 4.78 is 37.1. The molecule has 23 atom stereocenters. The molecular formula is C44H81NO21. The van der Waals surface area contributed by atoms with E-state index in [1.165, 1.54) is 27.9 Å². The second-order valence-electron chi connectivity index (χ2n) is 19.5. The third-order valence-electron chi connectivity index (χ3n) is 13.7. The highest BCUT2D eigenvalue weighted by Gasteiger charge is 2.53. The van der Waals surface area contributed by atoms with Crippen LogP contribution in [-0.4, -0.2) is 226 Å². The summed E-state index contributed by atoms with van der Waals surface area (Å²) in [7, 11) is 5.18. The molecule has 0 unspecified atom stereocenters. The molecule has 388 valence electrons. The minimum Gasteiger partial charge on any atom is -0.479 e. The topological polar surface area (TPSA) is 353 Å². The van der Waals surface area contributed by atoms with E-state index in [0.717, 1.165) is 0 Å². The number of carboxylic acid groups (broad SMARTS) is 1. The quantitative estimate of drug-likeness (QED) is 0.0860. The van der Waals surface area contributed by atoms with Gasteiger partial charge in [0.25, 0.3) is 0 Å². The Morgan fingerprint density at radius 1 is 0.848 bits per heavy atom. The maximum atomic E-state index is 14.1. The maximum Gasteiger partial charge on any atom is 0.335 e. The Labute approximate surface area is 387 Å². The van der Waals surface area contributed by atoms with Gasteiger partial charge in [0.1, 0.15) is 54.1 Å². The number of methoxy groups -OCH3 is 1. The Bertz CT molecular complexity index is 1540.